The van der Waals surface area contributed by atoms with Crippen LogP contribution in [-0.2, 0) is 6.42 Å². The van der Waals surface area contributed by atoms with Gasteiger partial charge >= 0.3 is 0 Å². The Morgan fingerprint density at radius 3 is 2.80 bits per heavy atom. The maximum Gasteiger partial charge on any atom is 0.0472 e. The average molecular weight is 137 g/mol. The first kappa shape index (κ1) is 7.22. The molecule has 0 saturated heterocycles. The van der Waals surface area contributed by atoms with Crippen molar-refractivity contribution in [2.45, 2.75) is 13.3 Å². The van der Waals surface area contributed by atoms with Gasteiger partial charge in [-0.2, -0.15) is 0 Å². The lowest BCUT2D eigenvalue weighted by molar-refractivity contribution is 0.299. The molecule has 1 aromatic rings. The van der Waals surface area contributed by atoms with E-state index in [-0.39, 0.29) is 6.61 Å². The number of aromatic nitrogens is 1. The van der Waals surface area contributed by atoms with Crippen LogP contribution in [0.25, 0.3) is 0 Å². The van der Waals surface area contributed by atoms with Gasteiger partial charge in [-0.25, -0.2) is 0 Å². The molecule has 0 radical (unpaired) electrons. The molecular weight excluding hydrogens is 126 g/mol. The van der Waals surface area contributed by atoms with Crippen molar-refractivity contribution in [2.24, 2.45) is 0 Å². The van der Waals surface area contributed by atoms with Crippen LogP contribution in [0.2, 0.25) is 0 Å². The van der Waals surface area contributed by atoms with Crippen LogP contribution < -0.4 is 0 Å². The van der Waals surface area contributed by atoms with Crippen molar-refractivity contribution in [3.05, 3.63) is 29.6 Å². The quantitative estimate of drug-likeness (QED) is 0.657. The van der Waals surface area contributed by atoms with Crippen LogP contribution in [0.4, 0.5) is 0 Å². The maximum absolute atomic E-state index is 8.56. The minimum atomic E-state index is 0.199. The van der Waals surface area contributed by atoms with E-state index in [1.165, 1.54) is 0 Å². The zero-order valence-electron chi connectivity index (χ0n) is 6.04. The van der Waals surface area contributed by atoms with Gasteiger partial charge in [0.2, 0.25) is 0 Å². The van der Waals surface area contributed by atoms with Crippen LogP contribution in [0, 0.1) is 6.92 Å². The van der Waals surface area contributed by atoms with Gasteiger partial charge in [-0.05, 0) is 25.0 Å². The summed E-state index contributed by atoms with van der Waals surface area (Å²) in [5.41, 5.74) is 2.11. The predicted molar refractivity (Wildman–Crippen MR) is 39.8 cm³/mol. The fraction of sp³-hybridized carbons (Fsp3) is 0.375. The Kier molecular flexibility index (Phi) is 2.40. The molecule has 0 aliphatic rings. The third kappa shape index (κ3) is 1.81. The Hall–Kier alpha value is -0.890. The number of pyridine rings is 1. The second-order valence-corrected chi connectivity index (χ2v) is 2.28. The van der Waals surface area contributed by atoms with Crippen LogP contribution in [-0.4, -0.2) is 16.7 Å². The Balaban J connectivity index is 2.69. The van der Waals surface area contributed by atoms with E-state index in [0.717, 1.165) is 11.3 Å². The van der Waals surface area contributed by atoms with E-state index in [9.17, 15) is 0 Å². The van der Waals surface area contributed by atoms with Gasteiger partial charge in [0.25, 0.3) is 0 Å². The molecule has 1 aromatic heterocycles. The van der Waals surface area contributed by atoms with Gasteiger partial charge < -0.3 is 5.11 Å². The first-order valence-electron chi connectivity index (χ1n) is 3.35. The van der Waals surface area contributed by atoms with E-state index in [1.54, 1.807) is 6.20 Å². The van der Waals surface area contributed by atoms with Gasteiger partial charge in [-0.3, -0.25) is 4.98 Å². The normalized spacial score (nSPS) is 9.80. The lowest BCUT2D eigenvalue weighted by Crippen LogP contribution is -1.91. The summed E-state index contributed by atoms with van der Waals surface area (Å²) in [6.45, 7) is 2.15. The molecule has 0 spiro atoms. The highest BCUT2D eigenvalue weighted by Gasteiger charge is 1.89. The summed E-state index contributed by atoms with van der Waals surface area (Å²) >= 11 is 0. The molecule has 2 heteroatoms. The fourth-order valence-corrected chi connectivity index (χ4v) is 0.775. The predicted octanol–water partition coefficient (Wildman–Crippen LogP) is 0.925. The molecule has 1 heterocycles. The highest BCUT2D eigenvalue weighted by atomic mass is 16.2. The minimum Gasteiger partial charge on any atom is -0.396 e. The summed E-state index contributed by atoms with van der Waals surface area (Å²) in [5, 5.41) is 8.56. The van der Waals surface area contributed by atoms with Crippen molar-refractivity contribution in [3.8, 4) is 0 Å². The SMILES string of the molecule is Cc1ccc(CCO)cn1. The van der Waals surface area contributed by atoms with Crippen molar-refractivity contribution < 1.29 is 5.11 Å². The second-order valence-electron chi connectivity index (χ2n) is 2.28. The van der Waals surface area contributed by atoms with Gasteiger partial charge in [-0.1, -0.05) is 6.07 Å². The number of rotatable bonds is 2. The number of aliphatic hydroxyl groups is 1. The first-order valence-corrected chi connectivity index (χ1v) is 3.35. The molecule has 1 N–H and O–H groups in total. The van der Waals surface area contributed by atoms with E-state index in [0.29, 0.717) is 6.42 Å². The van der Waals surface area contributed by atoms with E-state index in [1.807, 2.05) is 19.1 Å². The van der Waals surface area contributed by atoms with Crippen molar-refractivity contribution >= 4 is 0 Å². The Morgan fingerprint density at radius 1 is 1.50 bits per heavy atom. The molecule has 0 fully saturated rings. The maximum atomic E-state index is 8.56. The molecule has 0 bridgehead atoms. The average Bonchev–Trinajstić information content (AvgIpc) is 1.95. The van der Waals surface area contributed by atoms with E-state index in [2.05, 4.69) is 4.98 Å². The number of hydrogen-bond donors (Lipinski definition) is 1. The second kappa shape index (κ2) is 3.32. The standard InChI is InChI=1S/C8H11NO/c1-7-2-3-8(4-5-10)6-9-7/h2-3,6,10H,4-5H2,1H3. The van der Waals surface area contributed by atoms with Crippen LogP contribution in [0.3, 0.4) is 0 Å². The van der Waals surface area contributed by atoms with Gasteiger partial charge in [0.1, 0.15) is 0 Å². The molecule has 0 unspecified atom stereocenters. The lowest BCUT2D eigenvalue weighted by atomic mass is 10.2. The Labute approximate surface area is 60.5 Å². The third-order valence-electron chi connectivity index (χ3n) is 1.37. The molecule has 0 amide bonds. The molecule has 54 valence electrons. The molecule has 0 aliphatic heterocycles. The highest BCUT2D eigenvalue weighted by Crippen LogP contribution is 1.98. The topological polar surface area (TPSA) is 33.1 Å². The number of aryl methyl sites for hydroxylation is 1. The monoisotopic (exact) mass is 137 g/mol. The largest absolute Gasteiger partial charge is 0.396 e. The molecule has 0 aliphatic carbocycles. The van der Waals surface area contributed by atoms with Gasteiger partial charge in [0.15, 0.2) is 0 Å². The fourth-order valence-electron chi connectivity index (χ4n) is 0.775. The van der Waals surface area contributed by atoms with Gasteiger partial charge in [-0.15, -0.1) is 0 Å². The van der Waals surface area contributed by atoms with Gasteiger partial charge in [0, 0.05) is 18.5 Å². The molecule has 1 rings (SSSR count). The molecule has 0 aromatic carbocycles. The number of hydrogen-bond acceptors (Lipinski definition) is 2. The summed E-state index contributed by atoms with van der Waals surface area (Å²) in [6.07, 6.45) is 2.50. The Bertz CT molecular complexity index is 193. The minimum absolute atomic E-state index is 0.199. The molecule has 2 nitrogen and oxygen atoms in total. The summed E-state index contributed by atoms with van der Waals surface area (Å²) in [4.78, 5) is 4.09. The van der Waals surface area contributed by atoms with Crippen molar-refractivity contribution in [2.75, 3.05) is 6.61 Å². The molecule has 0 atom stereocenters. The van der Waals surface area contributed by atoms with Gasteiger partial charge in [0.05, 0.1) is 0 Å². The molecular formula is C8H11NO. The van der Waals surface area contributed by atoms with Crippen LogP contribution in [0.1, 0.15) is 11.3 Å². The first-order chi connectivity index (χ1) is 4.83. The molecule has 0 saturated carbocycles. The van der Waals surface area contributed by atoms with Crippen LogP contribution >= 0.6 is 0 Å². The van der Waals surface area contributed by atoms with Crippen LogP contribution in [0.5, 0.6) is 0 Å². The highest BCUT2D eigenvalue weighted by molar-refractivity contribution is 5.12. The number of nitrogens with zero attached hydrogens (tertiary/aromatic N) is 1. The summed E-state index contributed by atoms with van der Waals surface area (Å²) < 4.78 is 0. The van der Waals surface area contributed by atoms with Crippen LogP contribution in [0.15, 0.2) is 18.3 Å². The Morgan fingerprint density at radius 2 is 2.30 bits per heavy atom. The molecule has 10 heavy (non-hydrogen) atoms. The number of aliphatic hydroxyl groups excluding tert-OH is 1. The van der Waals surface area contributed by atoms with Crippen molar-refractivity contribution in [3.63, 3.8) is 0 Å². The summed E-state index contributed by atoms with van der Waals surface area (Å²) in [5.74, 6) is 0. The van der Waals surface area contributed by atoms with Crippen molar-refractivity contribution in [1.29, 1.82) is 0 Å². The zero-order valence-corrected chi connectivity index (χ0v) is 6.04. The smallest absolute Gasteiger partial charge is 0.0472 e. The third-order valence-corrected chi connectivity index (χ3v) is 1.37. The van der Waals surface area contributed by atoms with Crippen molar-refractivity contribution in [1.82, 2.24) is 4.98 Å². The van der Waals surface area contributed by atoms with E-state index >= 15 is 0 Å². The summed E-state index contributed by atoms with van der Waals surface area (Å²) in [6, 6.07) is 3.93. The van der Waals surface area contributed by atoms with E-state index < -0.39 is 0 Å². The zero-order chi connectivity index (χ0) is 7.40. The van der Waals surface area contributed by atoms with E-state index in [4.69, 9.17) is 5.11 Å². The summed E-state index contributed by atoms with van der Waals surface area (Å²) in [7, 11) is 0. The lowest BCUT2D eigenvalue weighted by Gasteiger charge is -1.96.